The fourth-order valence-corrected chi connectivity index (χ4v) is 1.76. The van der Waals surface area contributed by atoms with Crippen molar-refractivity contribution in [1.29, 1.82) is 0 Å². The second kappa shape index (κ2) is 5.79. The number of rotatable bonds is 4. The standard InChI is InChI=1S/C12H15BrN2/c1-3-7-15(4-2)9-10-5-6-12(14)11(13)8-10/h1,5-6,8H,4,7,9,14H2,2H3. The fraction of sp³-hybridized carbons (Fsp3) is 0.333. The SMILES string of the molecule is C#CCN(CC)Cc1ccc(N)c(Br)c1. The molecule has 0 spiro atoms. The first kappa shape index (κ1) is 12.1. The van der Waals surface area contributed by atoms with Crippen molar-refractivity contribution < 1.29 is 0 Å². The summed E-state index contributed by atoms with van der Waals surface area (Å²) in [6.45, 7) is 4.59. The molecule has 0 atom stereocenters. The lowest BCUT2D eigenvalue weighted by Crippen LogP contribution is -2.22. The second-order valence-corrected chi connectivity index (χ2v) is 4.22. The Morgan fingerprint density at radius 2 is 2.27 bits per heavy atom. The average Bonchev–Trinajstić information content (AvgIpc) is 2.23. The molecule has 2 N–H and O–H groups in total. The lowest BCUT2D eigenvalue weighted by molar-refractivity contribution is 0.316. The minimum atomic E-state index is 0.679. The van der Waals surface area contributed by atoms with Gasteiger partial charge in [-0.15, -0.1) is 6.42 Å². The van der Waals surface area contributed by atoms with Gasteiger partial charge in [0.15, 0.2) is 0 Å². The Morgan fingerprint density at radius 3 is 2.80 bits per heavy atom. The van der Waals surface area contributed by atoms with E-state index in [2.05, 4.69) is 33.7 Å². The molecule has 2 nitrogen and oxygen atoms in total. The predicted octanol–water partition coefficient (Wildman–Crippen LogP) is 2.49. The molecule has 0 saturated carbocycles. The van der Waals surface area contributed by atoms with E-state index in [1.165, 1.54) is 5.56 Å². The van der Waals surface area contributed by atoms with Gasteiger partial charge in [-0.2, -0.15) is 0 Å². The average molecular weight is 267 g/mol. The summed E-state index contributed by atoms with van der Waals surface area (Å²) < 4.78 is 0.941. The Hall–Kier alpha value is -0.980. The fourth-order valence-electron chi connectivity index (χ4n) is 1.34. The molecule has 1 rings (SSSR count). The summed E-state index contributed by atoms with van der Waals surface area (Å²) in [4.78, 5) is 2.19. The van der Waals surface area contributed by atoms with Crippen molar-refractivity contribution in [1.82, 2.24) is 4.90 Å². The summed E-state index contributed by atoms with van der Waals surface area (Å²) in [7, 11) is 0. The Morgan fingerprint density at radius 1 is 1.53 bits per heavy atom. The molecular weight excluding hydrogens is 252 g/mol. The third kappa shape index (κ3) is 3.58. The quantitative estimate of drug-likeness (QED) is 0.670. The van der Waals surface area contributed by atoms with Crippen molar-refractivity contribution in [3.05, 3.63) is 28.2 Å². The number of nitrogens with zero attached hydrogens (tertiary/aromatic N) is 1. The van der Waals surface area contributed by atoms with E-state index in [1.54, 1.807) is 0 Å². The van der Waals surface area contributed by atoms with Crippen LogP contribution in [0.25, 0.3) is 0 Å². The van der Waals surface area contributed by atoms with Crippen molar-refractivity contribution >= 4 is 21.6 Å². The molecule has 0 amide bonds. The molecule has 0 saturated heterocycles. The van der Waals surface area contributed by atoms with Gasteiger partial charge < -0.3 is 5.73 Å². The number of nitrogen functional groups attached to an aromatic ring is 1. The molecule has 0 bridgehead atoms. The van der Waals surface area contributed by atoms with Crippen molar-refractivity contribution in [3.8, 4) is 12.3 Å². The van der Waals surface area contributed by atoms with Crippen LogP contribution in [0.5, 0.6) is 0 Å². The Labute approximate surface area is 99.6 Å². The first-order valence-electron chi connectivity index (χ1n) is 4.87. The highest BCUT2D eigenvalue weighted by molar-refractivity contribution is 9.10. The molecule has 0 aromatic heterocycles. The van der Waals surface area contributed by atoms with Crippen molar-refractivity contribution in [2.24, 2.45) is 0 Å². The summed E-state index contributed by atoms with van der Waals surface area (Å²) >= 11 is 3.41. The van der Waals surface area contributed by atoms with Crippen LogP contribution >= 0.6 is 15.9 Å². The van der Waals surface area contributed by atoms with E-state index >= 15 is 0 Å². The number of anilines is 1. The Balaban J connectivity index is 2.71. The highest BCUT2D eigenvalue weighted by Gasteiger charge is 2.03. The highest BCUT2D eigenvalue weighted by atomic mass is 79.9. The largest absolute Gasteiger partial charge is 0.398 e. The molecule has 0 fully saturated rings. The van der Waals surface area contributed by atoms with Crippen molar-refractivity contribution in [2.75, 3.05) is 18.8 Å². The third-order valence-electron chi connectivity index (χ3n) is 2.23. The lowest BCUT2D eigenvalue weighted by Gasteiger charge is -2.17. The number of nitrogens with two attached hydrogens (primary N) is 1. The number of benzene rings is 1. The van der Waals surface area contributed by atoms with Crippen LogP contribution < -0.4 is 5.73 Å². The molecule has 0 aliphatic heterocycles. The zero-order valence-corrected chi connectivity index (χ0v) is 10.4. The van der Waals surface area contributed by atoms with E-state index in [9.17, 15) is 0 Å². The summed E-state index contributed by atoms with van der Waals surface area (Å²) in [6, 6.07) is 5.97. The van der Waals surface area contributed by atoms with E-state index in [0.29, 0.717) is 6.54 Å². The highest BCUT2D eigenvalue weighted by Crippen LogP contribution is 2.21. The Bertz CT molecular complexity index is 368. The van der Waals surface area contributed by atoms with Gasteiger partial charge >= 0.3 is 0 Å². The molecule has 0 radical (unpaired) electrons. The van der Waals surface area contributed by atoms with Gasteiger partial charge in [-0.05, 0) is 40.2 Å². The van der Waals surface area contributed by atoms with Crippen LogP contribution in [0.15, 0.2) is 22.7 Å². The number of terminal acetylenes is 1. The van der Waals surface area contributed by atoms with Crippen LogP contribution in [0.3, 0.4) is 0 Å². The van der Waals surface area contributed by atoms with Gasteiger partial charge in [0.2, 0.25) is 0 Å². The zero-order valence-electron chi connectivity index (χ0n) is 8.83. The monoisotopic (exact) mass is 266 g/mol. The molecular formula is C12H15BrN2. The van der Waals surface area contributed by atoms with Crippen LogP contribution in [0.4, 0.5) is 5.69 Å². The van der Waals surface area contributed by atoms with Crippen molar-refractivity contribution in [2.45, 2.75) is 13.5 Å². The Kier molecular flexibility index (Phi) is 4.67. The third-order valence-corrected chi connectivity index (χ3v) is 2.92. The first-order valence-corrected chi connectivity index (χ1v) is 5.66. The van der Waals surface area contributed by atoms with E-state index in [4.69, 9.17) is 12.2 Å². The van der Waals surface area contributed by atoms with Gasteiger partial charge in [-0.25, -0.2) is 0 Å². The molecule has 3 heteroatoms. The first-order chi connectivity index (χ1) is 7.17. The van der Waals surface area contributed by atoms with Gasteiger partial charge in [0.05, 0.1) is 6.54 Å². The maximum atomic E-state index is 5.72. The lowest BCUT2D eigenvalue weighted by atomic mass is 10.2. The minimum Gasteiger partial charge on any atom is -0.398 e. The molecule has 15 heavy (non-hydrogen) atoms. The minimum absolute atomic E-state index is 0.679. The van der Waals surface area contributed by atoms with Gasteiger partial charge in [0.25, 0.3) is 0 Å². The zero-order chi connectivity index (χ0) is 11.3. The summed E-state index contributed by atoms with van der Waals surface area (Å²) in [6.07, 6.45) is 5.29. The van der Waals surface area contributed by atoms with Crippen molar-refractivity contribution in [3.63, 3.8) is 0 Å². The number of hydrogen-bond acceptors (Lipinski definition) is 2. The predicted molar refractivity (Wildman–Crippen MR) is 68.3 cm³/mol. The molecule has 1 aromatic rings. The van der Waals surface area contributed by atoms with Crippen LogP contribution in [0.2, 0.25) is 0 Å². The normalized spacial score (nSPS) is 10.3. The van der Waals surface area contributed by atoms with Crippen LogP contribution in [0, 0.1) is 12.3 Å². The molecule has 0 aliphatic rings. The maximum absolute atomic E-state index is 5.72. The molecule has 0 unspecified atom stereocenters. The van der Waals surface area contributed by atoms with Gasteiger partial charge in [0, 0.05) is 16.7 Å². The van der Waals surface area contributed by atoms with E-state index in [1.807, 2.05) is 18.2 Å². The number of hydrogen-bond donors (Lipinski definition) is 1. The molecule has 0 heterocycles. The summed E-state index contributed by atoms with van der Waals surface area (Å²) in [5.74, 6) is 2.65. The van der Waals surface area contributed by atoms with E-state index in [-0.39, 0.29) is 0 Å². The smallest absolute Gasteiger partial charge is 0.0601 e. The van der Waals surface area contributed by atoms with Gasteiger partial charge in [0.1, 0.15) is 0 Å². The van der Waals surface area contributed by atoms with E-state index in [0.717, 1.165) is 23.2 Å². The van der Waals surface area contributed by atoms with Crippen LogP contribution in [-0.2, 0) is 6.54 Å². The number of halogens is 1. The van der Waals surface area contributed by atoms with Crippen LogP contribution in [0.1, 0.15) is 12.5 Å². The maximum Gasteiger partial charge on any atom is 0.0601 e. The van der Waals surface area contributed by atoms with Gasteiger partial charge in [-0.3, -0.25) is 4.90 Å². The topological polar surface area (TPSA) is 29.3 Å². The molecule has 1 aromatic carbocycles. The van der Waals surface area contributed by atoms with Crippen LogP contribution in [-0.4, -0.2) is 18.0 Å². The van der Waals surface area contributed by atoms with Gasteiger partial charge in [-0.1, -0.05) is 18.9 Å². The summed E-state index contributed by atoms with van der Waals surface area (Å²) in [5, 5.41) is 0. The molecule has 80 valence electrons. The van der Waals surface area contributed by atoms with E-state index < -0.39 is 0 Å². The molecule has 0 aliphatic carbocycles. The summed E-state index contributed by atoms with van der Waals surface area (Å²) in [5.41, 5.74) is 7.70. The second-order valence-electron chi connectivity index (χ2n) is 3.36.